The lowest BCUT2D eigenvalue weighted by molar-refractivity contribution is -0.116. The van der Waals surface area contributed by atoms with E-state index < -0.39 is 6.09 Å². The van der Waals surface area contributed by atoms with E-state index in [0.717, 1.165) is 22.0 Å². The highest BCUT2D eigenvalue weighted by Gasteiger charge is 2.20. The maximum atomic E-state index is 12.7. The number of ketones is 1. The molecule has 128 valence electrons. The number of Topliss-reactive ketones (excluding diaryl/α,β-unsaturated/α-hetero) is 1. The number of halogens is 1. The first-order chi connectivity index (χ1) is 12.1. The number of carbonyl (C=O) groups is 2. The molecule has 4 nitrogen and oxygen atoms in total. The Hall–Kier alpha value is -2.59. The quantitative estimate of drug-likeness (QED) is 0.634. The highest BCUT2D eigenvalue weighted by Crippen LogP contribution is 2.27. The average molecular weight is 356 g/mol. The lowest BCUT2D eigenvalue weighted by atomic mass is 10.1. The van der Waals surface area contributed by atoms with E-state index >= 15 is 0 Å². The Kier molecular flexibility index (Phi) is 5.19. The minimum Gasteiger partial charge on any atom is -0.444 e. The molecule has 0 unspecified atom stereocenters. The van der Waals surface area contributed by atoms with Gasteiger partial charge >= 0.3 is 6.09 Å². The third-order valence-corrected chi connectivity index (χ3v) is 4.45. The van der Waals surface area contributed by atoms with Gasteiger partial charge in [0.1, 0.15) is 6.61 Å². The summed E-state index contributed by atoms with van der Waals surface area (Å²) in [5.74, 6) is -0.123. The molecule has 0 amide bonds. The zero-order valence-corrected chi connectivity index (χ0v) is 14.6. The molecule has 0 aliphatic heterocycles. The van der Waals surface area contributed by atoms with Gasteiger partial charge in [0.2, 0.25) is 0 Å². The van der Waals surface area contributed by atoms with Gasteiger partial charge in [0, 0.05) is 17.5 Å². The first-order valence-electron chi connectivity index (χ1n) is 7.99. The van der Waals surface area contributed by atoms with Crippen LogP contribution >= 0.6 is 11.6 Å². The van der Waals surface area contributed by atoms with Crippen molar-refractivity contribution in [1.82, 2.24) is 4.57 Å². The van der Waals surface area contributed by atoms with Crippen LogP contribution in [0.25, 0.3) is 10.9 Å². The van der Waals surface area contributed by atoms with Gasteiger partial charge in [0.15, 0.2) is 5.78 Å². The molecule has 3 rings (SSSR count). The van der Waals surface area contributed by atoms with E-state index in [2.05, 4.69) is 0 Å². The van der Waals surface area contributed by atoms with Crippen LogP contribution in [0, 0.1) is 6.92 Å². The third kappa shape index (κ3) is 3.59. The molecule has 3 aromatic rings. The Balaban J connectivity index is 1.93. The van der Waals surface area contributed by atoms with E-state index in [1.54, 1.807) is 0 Å². The Morgan fingerprint density at radius 1 is 1.04 bits per heavy atom. The molecule has 0 aliphatic carbocycles. The molecule has 0 bridgehead atoms. The summed E-state index contributed by atoms with van der Waals surface area (Å²) in [6.07, 6.45) is -0.253. The van der Waals surface area contributed by atoms with Crippen molar-refractivity contribution in [2.75, 3.05) is 5.88 Å². The number of fused-ring (bicyclic) bond motifs is 1. The van der Waals surface area contributed by atoms with Gasteiger partial charge in [-0.25, -0.2) is 9.36 Å². The molecule has 1 heterocycles. The molecule has 0 spiro atoms. The predicted octanol–water partition coefficient (Wildman–Crippen LogP) is 4.49. The first-order valence-corrected chi connectivity index (χ1v) is 8.53. The minimum atomic E-state index is -0.456. The lowest BCUT2D eigenvalue weighted by Gasteiger charge is -2.09. The maximum absolute atomic E-state index is 12.7. The standard InChI is InChI=1S/C20H18ClNO3/c1-14-18(11-16(23)12-21)17-9-5-6-10-19(17)22(14)20(24)25-13-15-7-3-2-4-8-15/h2-10H,11-13H2,1H3. The highest BCUT2D eigenvalue weighted by atomic mass is 35.5. The smallest absolute Gasteiger partial charge is 0.419 e. The van der Waals surface area contributed by atoms with Crippen LogP contribution in [-0.2, 0) is 22.6 Å². The summed E-state index contributed by atoms with van der Waals surface area (Å²) in [7, 11) is 0. The molecule has 0 saturated heterocycles. The van der Waals surface area contributed by atoms with Gasteiger partial charge in [-0.15, -0.1) is 11.6 Å². The number of nitrogens with zero attached hydrogens (tertiary/aromatic N) is 1. The van der Waals surface area contributed by atoms with Crippen LogP contribution in [0.15, 0.2) is 54.6 Å². The number of para-hydroxylation sites is 1. The van der Waals surface area contributed by atoms with Gasteiger partial charge in [0.05, 0.1) is 11.4 Å². The molecule has 0 atom stereocenters. The van der Waals surface area contributed by atoms with Gasteiger partial charge in [-0.2, -0.15) is 0 Å². The molecule has 0 fully saturated rings. The summed E-state index contributed by atoms with van der Waals surface area (Å²) in [5, 5.41) is 0.870. The van der Waals surface area contributed by atoms with Crippen LogP contribution in [0.2, 0.25) is 0 Å². The summed E-state index contributed by atoms with van der Waals surface area (Å²) in [4.78, 5) is 24.5. The van der Waals surface area contributed by atoms with Gasteiger partial charge in [0.25, 0.3) is 0 Å². The van der Waals surface area contributed by atoms with Crippen molar-refractivity contribution in [3.8, 4) is 0 Å². The SMILES string of the molecule is Cc1c(CC(=O)CCl)c2ccccc2n1C(=O)OCc1ccccc1. The molecule has 0 saturated carbocycles. The van der Waals surface area contributed by atoms with Crippen LogP contribution in [0.1, 0.15) is 16.8 Å². The molecular formula is C20H18ClNO3. The number of hydrogen-bond donors (Lipinski definition) is 0. The van der Waals surface area contributed by atoms with Crippen molar-refractivity contribution in [2.24, 2.45) is 0 Å². The second kappa shape index (κ2) is 7.53. The summed E-state index contributed by atoms with van der Waals surface area (Å²) < 4.78 is 6.98. The molecule has 1 aromatic heterocycles. The van der Waals surface area contributed by atoms with Crippen molar-refractivity contribution in [2.45, 2.75) is 20.0 Å². The van der Waals surface area contributed by atoms with Crippen molar-refractivity contribution in [1.29, 1.82) is 0 Å². The van der Waals surface area contributed by atoms with Crippen LogP contribution < -0.4 is 0 Å². The predicted molar refractivity (Wildman–Crippen MR) is 98.1 cm³/mol. The van der Waals surface area contributed by atoms with E-state index in [4.69, 9.17) is 16.3 Å². The molecule has 2 aromatic carbocycles. The molecule has 0 aliphatic rings. The van der Waals surface area contributed by atoms with Crippen LogP contribution in [-0.4, -0.2) is 22.3 Å². The van der Waals surface area contributed by atoms with Crippen molar-refractivity contribution < 1.29 is 14.3 Å². The fourth-order valence-corrected chi connectivity index (χ4v) is 3.02. The summed E-state index contributed by atoms with van der Waals surface area (Å²) in [6, 6.07) is 17.0. The zero-order valence-electron chi connectivity index (χ0n) is 13.9. The second-order valence-corrected chi connectivity index (χ2v) is 6.07. The monoisotopic (exact) mass is 355 g/mol. The second-order valence-electron chi connectivity index (χ2n) is 5.81. The molecular weight excluding hydrogens is 338 g/mol. The largest absolute Gasteiger partial charge is 0.444 e. The van der Waals surface area contributed by atoms with Crippen molar-refractivity contribution in [3.63, 3.8) is 0 Å². The number of benzene rings is 2. The molecule has 25 heavy (non-hydrogen) atoms. The molecule has 5 heteroatoms. The fraction of sp³-hybridized carbons (Fsp3) is 0.200. The van der Waals surface area contributed by atoms with Gasteiger partial charge in [-0.3, -0.25) is 4.79 Å². The van der Waals surface area contributed by atoms with E-state index in [0.29, 0.717) is 5.69 Å². The van der Waals surface area contributed by atoms with Crippen LogP contribution in [0.4, 0.5) is 4.79 Å². The van der Waals surface area contributed by atoms with E-state index in [1.165, 1.54) is 4.57 Å². The fourth-order valence-electron chi connectivity index (χ4n) is 2.92. The highest BCUT2D eigenvalue weighted by molar-refractivity contribution is 6.28. The first kappa shape index (κ1) is 17.2. The number of carbonyl (C=O) groups excluding carboxylic acids is 2. The Bertz CT molecular complexity index is 915. The van der Waals surface area contributed by atoms with Crippen LogP contribution in [0.5, 0.6) is 0 Å². The van der Waals surface area contributed by atoms with Gasteiger partial charge in [-0.05, 0) is 24.1 Å². The normalized spacial score (nSPS) is 10.8. The Morgan fingerprint density at radius 3 is 2.44 bits per heavy atom. The Labute approximate surface area is 151 Å². The van der Waals surface area contributed by atoms with Gasteiger partial charge in [-0.1, -0.05) is 48.5 Å². The van der Waals surface area contributed by atoms with Crippen molar-refractivity contribution in [3.05, 3.63) is 71.4 Å². The summed E-state index contributed by atoms with van der Waals surface area (Å²) in [6.45, 7) is 2.02. The van der Waals surface area contributed by atoms with E-state index in [9.17, 15) is 9.59 Å². The number of rotatable bonds is 5. The average Bonchev–Trinajstić information content (AvgIpc) is 2.92. The van der Waals surface area contributed by atoms with Crippen molar-refractivity contribution >= 4 is 34.4 Å². The van der Waals surface area contributed by atoms with E-state index in [-0.39, 0.29) is 24.7 Å². The zero-order chi connectivity index (χ0) is 17.8. The number of aromatic nitrogens is 1. The topological polar surface area (TPSA) is 48.3 Å². The maximum Gasteiger partial charge on any atom is 0.419 e. The number of hydrogen-bond acceptors (Lipinski definition) is 3. The Morgan fingerprint density at radius 2 is 1.72 bits per heavy atom. The van der Waals surface area contributed by atoms with Gasteiger partial charge < -0.3 is 4.74 Å². The minimum absolute atomic E-state index is 0.0442. The number of alkyl halides is 1. The van der Waals surface area contributed by atoms with Crippen LogP contribution in [0.3, 0.4) is 0 Å². The van der Waals surface area contributed by atoms with E-state index in [1.807, 2.05) is 61.5 Å². The number of ether oxygens (including phenoxy) is 1. The third-order valence-electron chi connectivity index (χ3n) is 4.15. The lowest BCUT2D eigenvalue weighted by Crippen LogP contribution is -2.15. The molecule has 0 N–H and O–H groups in total. The summed E-state index contributed by atoms with van der Waals surface area (Å²) >= 11 is 5.64. The molecule has 0 radical (unpaired) electrons. The summed E-state index contributed by atoms with van der Waals surface area (Å²) in [5.41, 5.74) is 3.17.